The quantitative estimate of drug-likeness (QED) is 0.743. The van der Waals surface area contributed by atoms with Gasteiger partial charge in [0.1, 0.15) is 0 Å². The van der Waals surface area contributed by atoms with Gasteiger partial charge >= 0.3 is 6.03 Å². The van der Waals surface area contributed by atoms with Gasteiger partial charge in [0, 0.05) is 24.3 Å². The summed E-state index contributed by atoms with van der Waals surface area (Å²) < 4.78 is 0. The van der Waals surface area contributed by atoms with Crippen molar-refractivity contribution in [2.24, 2.45) is 0 Å². The third kappa shape index (κ3) is 5.06. The van der Waals surface area contributed by atoms with Crippen LogP contribution in [0.4, 0.5) is 16.2 Å². The normalized spacial score (nSPS) is 15.7. The molecular formula is C17H25N3O2. The number of nitrogens with one attached hydrogen (secondary N) is 3. The molecule has 2 rings (SSSR count). The van der Waals surface area contributed by atoms with Crippen LogP contribution < -0.4 is 16.0 Å². The first-order valence-electron chi connectivity index (χ1n) is 8.00. The first kappa shape index (κ1) is 16.3. The number of benzene rings is 1. The highest BCUT2D eigenvalue weighted by Gasteiger charge is 2.14. The molecule has 0 bridgehead atoms. The smallest absolute Gasteiger partial charge is 0.319 e. The maximum Gasteiger partial charge on any atom is 0.319 e. The SMILES string of the molecule is CC(=O)Nc1cc(NC(=O)NC2CCCCCC2)ccc1C. The monoisotopic (exact) mass is 303 g/mol. The van der Waals surface area contributed by atoms with E-state index in [1.54, 1.807) is 6.07 Å². The number of aryl methyl sites for hydroxylation is 1. The Balaban J connectivity index is 1.94. The fourth-order valence-electron chi connectivity index (χ4n) is 2.80. The Kier molecular flexibility index (Phi) is 5.81. The average molecular weight is 303 g/mol. The van der Waals surface area contributed by atoms with Crippen molar-refractivity contribution in [2.75, 3.05) is 10.6 Å². The van der Waals surface area contributed by atoms with E-state index in [0.717, 1.165) is 24.1 Å². The first-order chi connectivity index (χ1) is 10.5. The Morgan fingerprint density at radius 3 is 2.36 bits per heavy atom. The minimum Gasteiger partial charge on any atom is -0.335 e. The third-order valence-electron chi connectivity index (χ3n) is 4.00. The van der Waals surface area contributed by atoms with Gasteiger partial charge in [0.05, 0.1) is 0 Å². The molecule has 0 atom stereocenters. The van der Waals surface area contributed by atoms with Crippen LogP contribution in [0.15, 0.2) is 18.2 Å². The standard InChI is InChI=1S/C17H25N3O2/c1-12-9-10-15(11-16(12)18-13(2)21)20-17(22)19-14-7-5-3-4-6-8-14/h9-11,14H,3-8H2,1-2H3,(H,18,21)(H2,19,20,22). The molecule has 0 aliphatic heterocycles. The Bertz CT molecular complexity index is 535. The van der Waals surface area contributed by atoms with Crippen molar-refractivity contribution in [3.05, 3.63) is 23.8 Å². The van der Waals surface area contributed by atoms with Crippen LogP contribution in [-0.4, -0.2) is 18.0 Å². The fourth-order valence-corrected chi connectivity index (χ4v) is 2.80. The molecule has 1 saturated carbocycles. The van der Waals surface area contributed by atoms with E-state index in [-0.39, 0.29) is 18.0 Å². The molecule has 1 aliphatic rings. The molecule has 3 amide bonds. The topological polar surface area (TPSA) is 70.2 Å². The summed E-state index contributed by atoms with van der Waals surface area (Å²) in [5.74, 6) is -0.122. The number of rotatable bonds is 3. The Morgan fingerprint density at radius 2 is 1.73 bits per heavy atom. The van der Waals surface area contributed by atoms with Crippen LogP contribution in [0, 0.1) is 6.92 Å². The summed E-state index contributed by atoms with van der Waals surface area (Å²) >= 11 is 0. The van der Waals surface area contributed by atoms with E-state index in [4.69, 9.17) is 0 Å². The van der Waals surface area contributed by atoms with Crippen LogP contribution in [0.1, 0.15) is 51.0 Å². The van der Waals surface area contributed by atoms with Gasteiger partial charge in [-0.05, 0) is 37.5 Å². The lowest BCUT2D eigenvalue weighted by Crippen LogP contribution is -2.37. The van der Waals surface area contributed by atoms with Gasteiger partial charge in [-0.15, -0.1) is 0 Å². The zero-order valence-corrected chi connectivity index (χ0v) is 13.4. The van der Waals surface area contributed by atoms with Crippen LogP contribution in [0.3, 0.4) is 0 Å². The van der Waals surface area contributed by atoms with Crippen molar-refractivity contribution in [3.8, 4) is 0 Å². The summed E-state index contributed by atoms with van der Waals surface area (Å²) in [6.45, 7) is 3.39. The van der Waals surface area contributed by atoms with Crippen molar-refractivity contribution in [2.45, 2.75) is 58.4 Å². The molecule has 0 heterocycles. The number of carbonyl (C=O) groups excluding carboxylic acids is 2. The molecule has 120 valence electrons. The summed E-state index contributed by atoms with van der Waals surface area (Å²) in [6.07, 6.45) is 7.00. The van der Waals surface area contributed by atoms with Gasteiger partial charge in [-0.2, -0.15) is 0 Å². The highest BCUT2D eigenvalue weighted by Crippen LogP contribution is 2.21. The number of urea groups is 1. The van der Waals surface area contributed by atoms with Gasteiger partial charge in [0.2, 0.25) is 5.91 Å². The second kappa shape index (κ2) is 7.82. The van der Waals surface area contributed by atoms with Crippen molar-refractivity contribution >= 4 is 23.3 Å². The highest BCUT2D eigenvalue weighted by molar-refractivity contribution is 5.93. The van der Waals surface area contributed by atoms with Crippen LogP contribution in [-0.2, 0) is 4.79 Å². The largest absolute Gasteiger partial charge is 0.335 e. The van der Waals surface area contributed by atoms with E-state index in [0.29, 0.717) is 5.69 Å². The van der Waals surface area contributed by atoms with Gasteiger partial charge in [0.25, 0.3) is 0 Å². The van der Waals surface area contributed by atoms with E-state index in [9.17, 15) is 9.59 Å². The van der Waals surface area contributed by atoms with E-state index in [2.05, 4.69) is 16.0 Å². The van der Waals surface area contributed by atoms with Gasteiger partial charge in [0.15, 0.2) is 0 Å². The van der Waals surface area contributed by atoms with Crippen molar-refractivity contribution in [1.82, 2.24) is 5.32 Å². The summed E-state index contributed by atoms with van der Waals surface area (Å²) in [6, 6.07) is 5.59. The van der Waals surface area contributed by atoms with E-state index in [1.165, 1.54) is 32.6 Å². The second-order valence-electron chi connectivity index (χ2n) is 6.00. The molecule has 3 N–H and O–H groups in total. The molecular weight excluding hydrogens is 278 g/mol. The summed E-state index contributed by atoms with van der Waals surface area (Å²) in [7, 11) is 0. The van der Waals surface area contributed by atoms with Crippen LogP contribution in [0.25, 0.3) is 0 Å². The highest BCUT2D eigenvalue weighted by atomic mass is 16.2. The summed E-state index contributed by atoms with van der Waals surface area (Å²) in [5.41, 5.74) is 2.37. The predicted octanol–water partition coefficient (Wildman–Crippen LogP) is 3.80. The maximum atomic E-state index is 12.1. The lowest BCUT2D eigenvalue weighted by Gasteiger charge is -2.17. The molecule has 0 aromatic heterocycles. The second-order valence-corrected chi connectivity index (χ2v) is 6.00. The van der Waals surface area contributed by atoms with Crippen molar-refractivity contribution in [1.29, 1.82) is 0 Å². The van der Waals surface area contributed by atoms with Crippen LogP contribution in [0.2, 0.25) is 0 Å². The number of anilines is 2. The Labute approximate surface area is 131 Å². The van der Waals surface area contributed by atoms with Crippen molar-refractivity contribution < 1.29 is 9.59 Å². The molecule has 0 spiro atoms. The zero-order valence-electron chi connectivity index (χ0n) is 13.4. The molecule has 5 heteroatoms. The third-order valence-corrected chi connectivity index (χ3v) is 4.00. The van der Waals surface area contributed by atoms with Crippen LogP contribution >= 0.6 is 0 Å². The minimum absolute atomic E-state index is 0.122. The Morgan fingerprint density at radius 1 is 1.05 bits per heavy atom. The number of carbonyl (C=O) groups is 2. The van der Waals surface area contributed by atoms with Crippen LogP contribution in [0.5, 0.6) is 0 Å². The molecule has 1 aliphatic carbocycles. The maximum absolute atomic E-state index is 12.1. The molecule has 1 aromatic carbocycles. The summed E-state index contributed by atoms with van der Waals surface area (Å²) in [4.78, 5) is 23.3. The Hall–Kier alpha value is -2.04. The molecule has 0 saturated heterocycles. The number of hydrogen-bond donors (Lipinski definition) is 3. The molecule has 0 radical (unpaired) electrons. The molecule has 22 heavy (non-hydrogen) atoms. The first-order valence-corrected chi connectivity index (χ1v) is 8.00. The number of amides is 3. The molecule has 0 unspecified atom stereocenters. The van der Waals surface area contributed by atoms with Crippen molar-refractivity contribution in [3.63, 3.8) is 0 Å². The van der Waals surface area contributed by atoms with E-state index in [1.807, 2.05) is 19.1 Å². The molecule has 1 aromatic rings. The zero-order chi connectivity index (χ0) is 15.9. The number of hydrogen-bond acceptors (Lipinski definition) is 2. The average Bonchev–Trinajstić information content (AvgIpc) is 2.70. The lowest BCUT2D eigenvalue weighted by molar-refractivity contribution is -0.114. The lowest BCUT2D eigenvalue weighted by atomic mass is 10.1. The van der Waals surface area contributed by atoms with E-state index < -0.39 is 0 Å². The van der Waals surface area contributed by atoms with Gasteiger partial charge in [-0.3, -0.25) is 4.79 Å². The van der Waals surface area contributed by atoms with Gasteiger partial charge < -0.3 is 16.0 Å². The van der Waals surface area contributed by atoms with Gasteiger partial charge in [-0.1, -0.05) is 31.7 Å². The molecule has 5 nitrogen and oxygen atoms in total. The van der Waals surface area contributed by atoms with Gasteiger partial charge in [-0.25, -0.2) is 4.79 Å². The minimum atomic E-state index is -0.176. The molecule has 1 fully saturated rings. The van der Waals surface area contributed by atoms with E-state index >= 15 is 0 Å². The predicted molar refractivity (Wildman–Crippen MR) is 89.1 cm³/mol. The fraction of sp³-hybridized carbons (Fsp3) is 0.529. The summed E-state index contributed by atoms with van der Waals surface area (Å²) in [5, 5.41) is 8.66.